The summed E-state index contributed by atoms with van der Waals surface area (Å²) in [5.41, 5.74) is 0. The lowest BCUT2D eigenvalue weighted by atomic mass is 9.96. The first kappa shape index (κ1) is 24.6. The van der Waals surface area contributed by atoms with Gasteiger partial charge in [0.25, 0.3) is 0 Å². The molecule has 0 aromatic heterocycles. The average molecular weight is 415 g/mol. The first-order valence-corrected chi connectivity index (χ1v) is 9.28. The first-order chi connectivity index (χ1) is 13.6. The van der Waals surface area contributed by atoms with E-state index in [0.29, 0.717) is 12.8 Å². The number of nitrogens with one attached hydrogen (secondary N) is 1. The molecule has 0 aromatic carbocycles. The summed E-state index contributed by atoms with van der Waals surface area (Å²) >= 11 is 0. The number of carbonyl (C=O) groups is 4. The quantitative estimate of drug-likeness (QED) is 0.236. The SMILES string of the molecule is C=CCCCO[C@H]1O[C@@H](COC(C)=O)[C@H](OC(C)=O)[C@@H](OC(C)=O)[C@@H]1NC(C)=O. The first-order valence-electron chi connectivity index (χ1n) is 9.28. The number of rotatable bonds is 10. The van der Waals surface area contributed by atoms with Gasteiger partial charge in [-0.15, -0.1) is 6.58 Å². The zero-order valence-corrected chi connectivity index (χ0v) is 17.2. The van der Waals surface area contributed by atoms with E-state index in [1.165, 1.54) is 27.7 Å². The molecule has 1 N–H and O–H groups in total. The van der Waals surface area contributed by atoms with E-state index in [2.05, 4.69) is 11.9 Å². The number of amides is 1. The molecule has 0 saturated carbocycles. The second-order valence-electron chi connectivity index (χ2n) is 6.52. The van der Waals surface area contributed by atoms with Crippen molar-refractivity contribution in [1.82, 2.24) is 5.32 Å². The molecular formula is C19H29NO9. The molecule has 0 bridgehead atoms. The van der Waals surface area contributed by atoms with Crippen molar-refractivity contribution in [3.63, 3.8) is 0 Å². The molecule has 1 rings (SSSR count). The average Bonchev–Trinajstić information content (AvgIpc) is 2.60. The lowest BCUT2D eigenvalue weighted by molar-refractivity contribution is -0.277. The van der Waals surface area contributed by atoms with Crippen LogP contribution in [0, 0.1) is 0 Å². The van der Waals surface area contributed by atoms with Gasteiger partial charge in [-0.05, 0) is 12.8 Å². The number of unbranched alkanes of at least 4 members (excludes halogenated alkanes) is 1. The zero-order chi connectivity index (χ0) is 22.0. The minimum atomic E-state index is -1.12. The Labute approximate surface area is 169 Å². The number of hydrogen-bond donors (Lipinski definition) is 1. The summed E-state index contributed by atoms with van der Waals surface area (Å²) in [6.45, 7) is 8.52. The molecule has 0 spiro atoms. The summed E-state index contributed by atoms with van der Waals surface area (Å²) in [7, 11) is 0. The summed E-state index contributed by atoms with van der Waals surface area (Å²) < 4.78 is 27.3. The van der Waals surface area contributed by atoms with Crippen molar-refractivity contribution in [2.75, 3.05) is 13.2 Å². The van der Waals surface area contributed by atoms with Crippen molar-refractivity contribution < 1.29 is 42.9 Å². The molecule has 10 nitrogen and oxygen atoms in total. The molecule has 1 heterocycles. The van der Waals surface area contributed by atoms with Crippen molar-refractivity contribution >= 4 is 23.8 Å². The number of carbonyl (C=O) groups excluding carboxylic acids is 4. The van der Waals surface area contributed by atoms with Gasteiger partial charge in [0, 0.05) is 27.7 Å². The molecule has 1 saturated heterocycles. The maximum atomic E-state index is 11.7. The minimum Gasteiger partial charge on any atom is -0.463 e. The maximum absolute atomic E-state index is 11.7. The Balaban J connectivity index is 3.19. The highest BCUT2D eigenvalue weighted by Crippen LogP contribution is 2.28. The smallest absolute Gasteiger partial charge is 0.303 e. The Morgan fingerprint density at radius 1 is 1.00 bits per heavy atom. The topological polar surface area (TPSA) is 126 Å². The largest absolute Gasteiger partial charge is 0.463 e. The monoisotopic (exact) mass is 415 g/mol. The van der Waals surface area contributed by atoms with E-state index < -0.39 is 54.5 Å². The third-order valence-electron chi connectivity index (χ3n) is 3.91. The Kier molecular flexibility index (Phi) is 10.3. The van der Waals surface area contributed by atoms with Crippen LogP contribution < -0.4 is 5.32 Å². The molecule has 1 amide bonds. The predicted octanol–water partition coefficient (Wildman–Crippen LogP) is 0.625. The van der Waals surface area contributed by atoms with Gasteiger partial charge in [0.2, 0.25) is 5.91 Å². The molecule has 5 atom stereocenters. The number of allylic oxidation sites excluding steroid dienone is 1. The van der Waals surface area contributed by atoms with Crippen LogP contribution >= 0.6 is 0 Å². The molecule has 164 valence electrons. The standard InChI is InChI=1S/C19H29NO9/c1-6-7-8-9-25-19-16(20-11(2)21)18(28-14(5)24)17(27-13(4)23)15(29-19)10-26-12(3)22/h6,15-19H,1,7-10H2,2-5H3,(H,20,21)/t15-,16-,17-,18-,19-/m0/s1. The highest BCUT2D eigenvalue weighted by molar-refractivity contribution is 5.73. The Hall–Kier alpha value is -2.46. The highest BCUT2D eigenvalue weighted by atomic mass is 16.7. The van der Waals surface area contributed by atoms with Gasteiger partial charge in [0.15, 0.2) is 18.5 Å². The van der Waals surface area contributed by atoms with Crippen molar-refractivity contribution in [3.8, 4) is 0 Å². The molecule has 0 aliphatic carbocycles. The van der Waals surface area contributed by atoms with Crippen LogP contribution in [0.1, 0.15) is 40.5 Å². The summed E-state index contributed by atoms with van der Waals surface area (Å²) in [5, 5.41) is 2.63. The third-order valence-corrected chi connectivity index (χ3v) is 3.91. The fourth-order valence-corrected chi connectivity index (χ4v) is 2.86. The summed E-state index contributed by atoms with van der Waals surface area (Å²) in [6, 6.07) is -0.946. The molecule has 0 unspecified atom stereocenters. The van der Waals surface area contributed by atoms with Crippen LogP contribution in [0.3, 0.4) is 0 Å². The second kappa shape index (κ2) is 12.2. The van der Waals surface area contributed by atoms with Gasteiger partial charge in [0.05, 0.1) is 6.61 Å². The number of hydrogen-bond acceptors (Lipinski definition) is 9. The zero-order valence-electron chi connectivity index (χ0n) is 17.2. The molecular weight excluding hydrogens is 386 g/mol. The van der Waals surface area contributed by atoms with E-state index in [1.807, 2.05) is 0 Å². The molecule has 1 aliphatic heterocycles. The fraction of sp³-hybridized carbons (Fsp3) is 0.684. The molecule has 10 heteroatoms. The Morgan fingerprint density at radius 2 is 1.62 bits per heavy atom. The Morgan fingerprint density at radius 3 is 2.14 bits per heavy atom. The molecule has 1 aliphatic rings. The van der Waals surface area contributed by atoms with Gasteiger partial charge in [-0.3, -0.25) is 19.2 Å². The van der Waals surface area contributed by atoms with Gasteiger partial charge >= 0.3 is 17.9 Å². The van der Waals surface area contributed by atoms with Crippen LogP contribution in [0.15, 0.2) is 12.7 Å². The Bertz CT molecular complexity index is 606. The van der Waals surface area contributed by atoms with Gasteiger partial charge < -0.3 is 29.0 Å². The molecule has 1 fully saturated rings. The fourth-order valence-electron chi connectivity index (χ4n) is 2.86. The van der Waals surface area contributed by atoms with E-state index in [0.717, 1.165) is 0 Å². The maximum Gasteiger partial charge on any atom is 0.303 e. The normalized spacial score (nSPS) is 26.1. The van der Waals surface area contributed by atoms with E-state index in [1.54, 1.807) is 6.08 Å². The molecule has 29 heavy (non-hydrogen) atoms. The van der Waals surface area contributed by atoms with E-state index >= 15 is 0 Å². The summed E-state index contributed by atoms with van der Waals surface area (Å²) in [4.78, 5) is 46.3. The van der Waals surface area contributed by atoms with Gasteiger partial charge in [-0.1, -0.05) is 6.08 Å². The van der Waals surface area contributed by atoms with Gasteiger partial charge in [-0.2, -0.15) is 0 Å². The van der Waals surface area contributed by atoms with Gasteiger partial charge in [0.1, 0.15) is 18.8 Å². The van der Waals surface area contributed by atoms with Crippen molar-refractivity contribution in [1.29, 1.82) is 0 Å². The van der Waals surface area contributed by atoms with Crippen molar-refractivity contribution in [3.05, 3.63) is 12.7 Å². The van der Waals surface area contributed by atoms with Gasteiger partial charge in [-0.25, -0.2) is 0 Å². The molecule has 0 aromatic rings. The second-order valence-corrected chi connectivity index (χ2v) is 6.52. The highest BCUT2D eigenvalue weighted by Gasteiger charge is 2.51. The van der Waals surface area contributed by atoms with Crippen LogP contribution in [0.25, 0.3) is 0 Å². The van der Waals surface area contributed by atoms with Crippen LogP contribution in [-0.4, -0.2) is 67.7 Å². The number of esters is 3. The van der Waals surface area contributed by atoms with E-state index in [4.69, 9.17) is 23.7 Å². The van der Waals surface area contributed by atoms with E-state index in [9.17, 15) is 19.2 Å². The summed E-state index contributed by atoms with van der Waals surface area (Å²) in [5.74, 6) is -2.29. The lowest BCUT2D eigenvalue weighted by Gasteiger charge is -2.44. The summed E-state index contributed by atoms with van der Waals surface area (Å²) in [6.07, 6.45) is -1.14. The van der Waals surface area contributed by atoms with Crippen molar-refractivity contribution in [2.24, 2.45) is 0 Å². The predicted molar refractivity (Wildman–Crippen MR) is 99.4 cm³/mol. The molecule has 0 radical (unpaired) electrons. The van der Waals surface area contributed by atoms with Crippen LogP contribution in [0.2, 0.25) is 0 Å². The van der Waals surface area contributed by atoms with Crippen LogP contribution in [0.5, 0.6) is 0 Å². The van der Waals surface area contributed by atoms with Crippen LogP contribution in [-0.2, 0) is 42.9 Å². The van der Waals surface area contributed by atoms with Crippen molar-refractivity contribution in [2.45, 2.75) is 71.2 Å². The van der Waals surface area contributed by atoms with E-state index in [-0.39, 0.29) is 13.2 Å². The minimum absolute atomic E-state index is 0.260. The number of ether oxygens (including phenoxy) is 5. The third kappa shape index (κ3) is 8.61. The van der Waals surface area contributed by atoms with Crippen LogP contribution in [0.4, 0.5) is 0 Å². The lowest BCUT2D eigenvalue weighted by Crippen LogP contribution is -2.66.